The zero-order valence-electron chi connectivity index (χ0n) is 10.9. The highest BCUT2D eigenvalue weighted by Crippen LogP contribution is 2.29. The van der Waals surface area contributed by atoms with Gasteiger partial charge in [0.15, 0.2) is 0 Å². The lowest BCUT2D eigenvalue weighted by molar-refractivity contribution is -0.137. The van der Waals surface area contributed by atoms with Crippen LogP contribution < -0.4 is 5.32 Å². The Kier molecular flexibility index (Phi) is 5.35. The first-order valence-corrected chi connectivity index (χ1v) is 5.93. The van der Waals surface area contributed by atoms with E-state index < -0.39 is 11.7 Å². The fourth-order valence-electron chi connectivity index (χ4n) is 1.62. The molecule has 0 fully saturated rings. The predicted molar refractivity (Wildman–Crippen MR) is 66.9 cm³/mol. The van der Waals surface area contributed by atoms with Crippen molar-refractivity contribution in [2.75, 3.05) is 27.2 Å². The Hall–Kier alpha value is -1.56. The maximum absolute atomic E-state index is 12.4. The number of halogens is 3. The van der Waals surface area contributed by atoms with Crippen LogP contribution in [0.4, 0.5) is 13.2 Å². The van der Waals surface area contributed by atoms with Gasteiger partial charge in [-0.3, -0.25) is 4.79 Å². The van der Waals surface area contributed by atoms with Crippen LogP contribution in [0.5, 0.6) is 0 Å². The molecule has 1 aromatic rings. The van der Waals surface area contributed by atoms with Crippen LogP contribution in [0.25, 0.3) is 0 Å². The van der Waals surface area contributed by atoms with E-state index in [0.717, 1.165) is 25.1 Å². The molecule has 0 unspecified atom stereocenters. The number of alkyl halides is 3. The molecule has 0 aromatic heterocycles. The smallest absolute Gasteiger partial charge is 0.342 e. The number of carbonyl (C=O) groups is 1. The number of amides is 1. The summed E-state index contributed by atoms with van der Waals surface area (Å²) in [6, 6.07) is 4.27. The summed E-state index contributed by atoms with van der Waals surface area (Å²) in [5, 5.41) is 2.96. The van der Waals surface area contributed by atoms with Crippen molar-refractivity contribution in [2.24, 2.45) is 0 Å². The molecule has 0 atom stereocenters. The van der Waals surface area contributed by atoms with Gasteiger partial charge in [0.25, 0.3) is 5.91 Å². The molecular formula is C13H17F3N2O. The lowest BCUT2D eigenvalue weighted by Gasteiger charge is -2.17. The molecule has 0 radical (unpaired) electrons. The van der Waals surface area contributed by atoms with Crippen LogP contribution in [0, 0.1) is 0 Å². The van der Waals surface area contributed by atoms with Gasteiger partial charge in [0.05, 0.1) is 5.56 Å². The molecule has 106 valence electrons. The van der Waals surface area contributed by atoms with Gasteiger partial charge < -0.3 is 10.2 Å². The third-order valence-electron chi connectivity index (χ3n) is 2.73. The third kappa shape index (κ3) is 4.55. The highest BCUT2D eigenvalue weighted by atomic mass is 19.4. The van der Waals surface area contributed by atoms with Gasteiger partial charge in [-0.25, -0.2) is 0 Å². The highest BCUT2D eigenvalue weighted by Gasteiger charge is 2.30. The van der Waals surface area contributed by atoms with Crippen LogP contribution in [0.3, 0.4) is 0 Å². The molecule has 0 aliphatic rings. The summed E-state index contributed by atoms with van der Waals surface area (Å²) in [6.07, 6.45) is -3.58. The normalized spacial score (nSPS) is 11.4. The Morgan fingerprint density at radius 2 is 1.84 bits per heavy atom. The number of hydrogen-bond donors (Lipinski definition) is 1. The maximum Gasteiger partial charge on any atom is 0.416 e. The number of nitrogens with one attached hydrogen (secondary N) is 1. The lowest BCUT2D eigenvalue weighted by Crippen LogP contribution is -2.29. The molecule has 0 saturated heterocycles. The van der Waals surface area contributed by atoms with Crippen LogP contribution in [0.2, 0.25) is 0 Å². The first kappa shape index (κ1) is 15.5. The molecule has 3 nitrogen and oxygen atoms in total. The van der Waals surface area contributed by atoms with Crippen molar-refractivity contribution >= 4 is 5.91 Å². The molecule has 0 heterocycles. The first-order chi connectivity index (χ1) is 8.86. The topological polar surface area (TPSA) is 32.3 Å². The van der Waals surface area contributed by atoms with Crippen molar-refractivity contribution < 1.29 is 18.0 Å². The van der Waals surface area contributed by atoms with E-state index in [-0.39, 0.29) is 11.5 Å². The molecule has 0 saturated carbocycles. The minimum atomic E-state index is -4.37. The third-order valence-corrected chi connectivity index (χ3v) is 2.73. The fourth-order valence-corrected chi connectivity index (χ4v) is 1.62. The number of benzene rings is 1. The molecule has 1 N–H and O–H groups in total. The predicted octanol–water partition coefficient (Wildman–Crippen LogP) is 2.39. The van der Waals surface area contributed by atoms with Crippen molar-refractivity contribution in [1.82, 2.24) is 10.2 Å². The van der Waals surface area contributed by atoms with Gasteiger partial charge in [0.1, 0.15) is 0 Å². The Labute approximate surface area is 110 Å². The summed E-state index contributed by atoms with van der Waals surface area (Å²) < 4.78 is 37.1. The number of nitrogens with zero attached hydrogens (tertiary/aromatic N) is 1. The van der Waals surface area contributed by atoms with Gasteiger partial charge in [0, 0.05) is 19.2 Å². The van der Waals surface area contributed by atoms with Gasteiger partial charge in [-0.05, 0) is 44.3 Å². The van der Waals surface area contributed by atoms with E-state index in [9.17, 15) is 18.0 Å². The minimum absolute atomic E-state index is 0.264. The zero-order chi connectivity index (χ0) is 14.5. The lowest BCUT2D eigenvalue weighted by atomic mass is 10.1. The van der Waals surface area contributed by atoms with Crippen LogP contribution >= 0.6 is 0 Å². The first-order valence-electron chi connectivity index (χ1n) is 5.93. The molecular weight excluding hydrogens is 257 g/mol. The van der Waals surface area contributed by atoms with Gasteiger partial charge in [0.2, 0.25) is 0 Å². The quantitative estimate of drug-likeness (QED) is 0.836. The van der Waals surface area contributed by atoms with Crippen LogP contribution in [-0.4, -0.2) is 38.0 Å². The summed E-state index contributed by atoms with van der Waals surface area (Å²) >= 11 is 0. The molecule has 0 bridgehead atoms. The molecule has 0 spiro atoms. The van der Waals surface area contributed by atoms with E-state index in [4.69, 9.17) is 0 Å². The molecule has 1 rings (SSSR count). The molecule has 0 aliphatic heterocycles. The van der Waals surface area contributed by atoms with Crippen molar-refractivity contribution in [3.05, 3.63) is 35.4 Å². The summed E-state index contributed by atoms with van der Waals surface area (Å²) in [7, 11) is 3.45. The van der Waals surface area contributed by atoms with E-state index in [1.54, 1.807) is 7.05 Å². The SMILES string of the molecule is CNCCCN(C)C(=O)c1ccc(C(F)(F)F)cc1. The summed E-state index contributed by atoms with van der Waals surface area (Å²) in [5.74, 6) is -0.273. The number of carbonyl (C=O) groups excluding carboxylic acids is 1. The second-order valence-electron chi connectivity index (χ2n) is 4.26. The van der Waals surface area contributed by atoms with Crippen molar-refractivity contribution in [3.8, 4) is 0 Å². The van der Waals surface area contributed by atoms with Crippen LogP contribution in [0.1, 0.15) is 22.3 Å². The maximum atomic E-state index is 12.4. The Morgan fingerprint density at radius 1 is 1.26 bits per heavy atom. The zero-order valence-corrected chi connectivity index (χ0v) is 10.9. The monoisotopic (exact) mass is 274 g/mol. The van der Waals surface area contributed by atoms with E-state index in [0.29, 0.717) is 6.54 Å². The second-order valence-corrected chi connectivity index (χ2v) is 4.26. The van der Waals surface area contributed by atoms with E-state index in [1.807, 2.05) is 7.05 Å². The summed E-state index contributed by atoms with van der Waals surface area (Å²) in [5.41, 5.74) is -0.484. The Morgan fingerprint density at radius 3 is 2.32 bits per heavy atom. The van der Waals surface area contributed by atoms with E-state index >= 15 is 0 Å². The van der Waals surface area contributed by atoms with Gasteiger partial charge in [-0.15, -0.1) is 0 Å². The molecule has 1 amide bonds. The van der Waals surface area contributed by atoms with E-state index in [1.165, 1.54) is 17.0 Å². The highest BCUT2D eigenvalue weighted by molar-refractivity contribution is 5.94. The minimum Gasteiger partial charge on any atom is -0.342 e. The largest absolute Gasteiger partial charge is 0.416 e. The van der Waals surface area contributed by atoms with E-state index in [2.05, 4.69) is 5.32 Å². The number of hydrogen-bond acceptors (Lipinski definition) is 2. The average molecular weight is 274 g/mol. The Bertz CT molecular complexity index is 415. The molecule has 0 aliphatic carbocycles. The van der Waals surface area contributed by atoms with Gasteiger partial charge in [-0.1, -0.05) is 0 Å². The average Bonchev–Trinajstić information content (AvgIpc) is 2.37. The Balaban J connectivity index is 2.67. The molecule has 6 heteroatoms. The molecule has 1 aromatic carbocycles. The van der Waals surface area contributed by atoms with Crippen molar-refractivity contribution in [3.63, 3.8) is 0 Å². The van der Waals surface area contributed by atoms with Crippen molar-refractivity contribution in [2.45, 2.75) is 12.6 Å². The van der Waals surface area contributed by atoms with Crippen LogP contribution in [0.15, 0.2) is 24.3 Å². The second kappa shape index (κ2) is 6.56. The number of rotatable bonds is 5. The fraction of sp³-hybridized carbons (Fsp3) is 0.462. The van der Waals surface area contributed by atoms with Crippen molar-refractivity contribution in [1.29, 1.82) is 0 Å². The summed E-state index contributed by atoms with van der Waals surface area (Å²) in [4.78, 5) is 13.4. The molecule has 19 heavy (non-hydrogen) atoms. The summed E-state index contributed by atoms with van der Waals surface area (Å²) in [6.45, 7) is 1.34. The van der Waals surface area contributed by atoms with Gasteiger partial charge >= 0.3 is 6.18 Å². The standard InChI is InChI=1S/C13H17F3N2O/c1-17-8-3-9-18(2)12(19)10-4-6-11(7-5-10)13(14,15)16/h4-7,17H,3,8-9H2,1-2H3. The van der Waals surface area contributed by atoms with Gasteiger partial charge in [-0.2, -0.15) is 13.2 Å². The van der Waals surface area contributed by atoms with Crippen LogP contribution in [-0.2, 0) is 6.18 Å².